The molecule has 4 heavy (non-hydrogen) atoms. The van der Waals surface area contributed by atoms with Gasteiger partial charge in [-0.1, -0.05) is 0 Å². The summed E-state index contributed by atoms with van der Waals surface area (Å²) in [4.78, 5) is 0. The molecule has 0 heterocycles. The van der Waals surface area contributed by atoms with Gasteiger partial charge in [0.05, 0.1) is 0 Å². The van der Waals surface area contributed by atoms with Crippen LogP contribution in [0.3, 0.4) is 0 Å². The molecule has 0 atom stereocenters. The van der Waals surface area contributed by atoms with Crippen LogP contribution < -0.4 is 0 Å². The maximum atomic E-state index is 4.21. The van der Waals surface area contributed by atoms with Crippen LogP contribution in [0.15, 0.2) is 0 Å². The number of rotatable bonds is 0. The van der Waals surface area contributed by atoms with Crippen LogP contribution in [-0.4, -0.2) is 42.1 Å². The summed E-state index contributed by atoms with van der Waals surface area (Å²) < 4.78 is 0. The minimum atomic E-state index is 0. The predicted molar refractivity (Wildman–Crippen MR) is 23.3 cm³/mol. The number of hydrogen-bond donors (Lipinski definition) is 0. The Bertz CT molecular complexity index is 8.00. The summed E-state index contributed by atoms with van der Waals surface area (Å²) in [7, 11) is 4.21. The van der Waals surface area contributed by atoms with Crippen molar-refractivity contribution in [2.75, 3.05) is 0 Å². The van der Waals surface area contributed by atoms with Gasteiger partial charge in [0.25, 0.3) is 0 Å². The summed E-state index contributed by atoms with van der Waals surface area (Å²) in [6.07, 6.45) is 0. The van der Waals surface area contributed by atoms with Gasteiger partial charge in [0, 0.05) is 22.4 Å². The van der Waals surface area contributed by atoms with Gasteiger partial charge < -0.3 is 0 Å². The van der Waals surface area contributed by atoms with Gasteiger partial charge >= 0.3 is 51.1 Å². The fourth-order valence-corrected chi connectivity index (χ4v) is 0. The molecule has 0 aliphatic heterocycles. The van der Waals surface area contributed by atoms with Crippen LogP contribution in [0.1, 0.15) is 0 Å². The van der Waals surface area contributed by atoms with Crippen LogP contribution in [0, 0.1) is 0 Å². The first-order valence-corrected chi connectivity index (χ1v) is 4.74. The van der Waals surface area contributed by atoms with Gasteiger partial charge in [0.15, 0.2) is 0 Å². The van der Waals surface area contributed by atoms with Gasteiger partial charge in [-0.2, -0.15) is 0 Å². The van der Waals surface area contributed by atoms with Crippen LogP contribution in [0.5, 0.6) is 0 Å². The van der Waals surface area contributed by atoms with E-state index in [2.05, 4.69) is 8.92 Å². The van der Waals surface area contributed by atoms with Crippen molar-refractivity contribution in [2.24, 2.45) is 0 Å². The van der Waals surface area contributed by atoms with Crippen molar-refractivity contribution < 1.29 is 22.4 Å². The third-order valence-corrected chi connectivity index (χ3v) is 0. The fraction of sp³-hybridized carbons (Fsp3) is 0. The first-order valence-electron chi connectivity index (χ1n) is 0.236. The van der Waals surface area contributed by atoms with E-state index < -0.39 is 0 Å². The second kappa shape index (κ2) is 17.9. The van der Waals surface area contributed by atoms with Gasteiger partial charge in [0.2, 0.25) is 0 Å². The van der Waals surface area contributed by atoms with Crippen molar-refractivity contribution in [3.63, 3.8) is 0 Å². The van der Waals surface area contributed by atoms with E-state index in [0.29, 0.717) is 0 Å². The van der Waals surface area contributed by atoms with E-state index >= 15 is 0 Å². The molecule has 0 aliphatic rings. The SMILES string of the molecule is [Ag].[GaH3].[S]=[In]. The Labute approximate surface area is 72.2 Å². The summed E-state index contributed by atoms with van der Waals surface area (Å²) in [6.45, 7) is 0. The molecule has 0 amide bonds. The molecule has 2 radical (unpaired) electrons. The van der Waals surface area contributed by atoms with Crippen LogP contribution in [-0.2, 0) is 22.4 Å². The van der Waals surface area contributed by atoms with Crippen molar-refractivity contribution in [2.45, 2.75) is 0 Å². The summed E-state index contributed by atoms with van der Waals surface area (Å²) >= 11 is 0.933. The van der Waals surface area contributed by atoms with E-state index in [4.69, 9.17) is 0 Å². The van der Waals surface area contributed by atoms with Crippen LogP contribution in [0.25, 0.3) is 0 Å². The van der Waals surface area contributed by atoms with Gasteiger partial charge in [-0.15, -0.1) is 0 Å². The second-order valence-corrected chi connectivity index (χ2v) is 0. The molecule has 0 nitrogen and oxygen atoms in total. The third kappa shape index (κ3) is 8.82. The topological polar surface area (TPSA) is 0 Å². The molecular weight excluding hydrogens is 324 g/mol. The predicted octanol–water partition coefficient (Wildman–Crippen LogP) is -0.919. The van der Waals surface area contributed by atoms with E-state index in [1.165, 1.54) is 0 Å². The molecule has 0 unspecified atom stereocenters. The Morgan fingerprint density at radius 3 is 1.25 bits per heavy atom. The van der Waals surface area contributed by atoms with E-state index in [0.717, 1.165) is 22.4 Å². The zero-order valence-corrected chi connectivity index (χ0v) is 6.88. The number of hydrogen-bond acceptors (Lipinski definition) is 1. The average Bonchev–Trinajstić information content (AvgIpc) is 1.00. The van der Waals surface area contributed by atoms with Crippen molar-refractivity contribution in [1.82, 2.24) is 0 Å². The molecule has 4 heteroatoms. The summed E-state index contributed by atoms with van der Waals surface area (Å²) in [5.41, 5.74) is 0. The molecule has 0 aromatic heterocycles. The van der Waals surface area contributed by atoms with Crippen LogP contribution in [0.4, 0.5) is 0 Å². The Kier molecular flexibility index (Phi) is 72.1. The average molecular weight is 328 g/mol. The Morgan fingerprint density at radius 1 is 1.25 bits per heavy atom. The quantitative estimate of drug-likeness (QED) is 0.519. The van der Waals surface area contributed by atoms with E-state index in [1.54, 1.807) is 0 Å². The van der Waals surface area contributed by atoms with E-state index in [9.17, 15) is 0 Å². The van der Waals surface area contributed by atoms with Crippen molar-refractivity contribution in [3.05, 3.63) is 0 Å². The Morgan fingerprint density at radius 2 is 1.25 bits per heavy atom. The fourth-order valence-electron chi connectivity index (χ4n) is 0. The second-order valence-electron chi connectivity index (χ2n) is 0. The monoisotopic (exact) mass is 326 g/mol. The summed E-state index contributed by atoms with van der Waals surface area (Å²) in [5.74, 6) is 0. The van der Waals surface area contributed by atoms with Crippen molar-refractivity contribution in [1.29, 1.82) is 0 Å². The first-order chi connectivity index (χ1) is 1.00. The Balaban J connectivity index is -0.00000000500. The molecule has 0 saturated heterocycles. The molecule has 0 fully saturated rings. The van der Waals surface area contributed by atoms with E-state index in [-0.39, 0.29) is 42.2 Å². The van der Waals surface area contributed by atoms with Crippen molar-refractivity contribution in [3.8, 4) is 0 Å². The van der Waals surface area contributed by atoms with Gasteiger partial charge in [-0.25, -0.2) is 0 Å². The third-order valence-electron chi connectivity index (χ3n) is 0. The molecule has 0 aromatic carbocycles. The standard InChI is InChI=1S/Ag.Ga.In.S.3H. The van der Waals surface area contributed by atoms with E-state index in [1.807, 2.05) is 0 Å². The molecule has 0 spiro atoms. The first kappa shape index (κ1) is 16.1. The molecule has 0 aliphatic carbocycles. The molecule has 0 bridgehead atoms. The van der Waals surface area contributed by atoms with Crippen LogP contribution in [0.2, 0.25) is 0 Å². The zero-order valence-electron chi connectivity index (χ0n) is 1.29. The zero-order chi connectivity index (χ0) is 2.00. The molecule has 0 saturated carbocycles. The normalized spacial score (nSPS) is 0.750. The van der Waals surface area contributed by atoms with Crippen molar-refractivity contribution >= 4 is 51.1 Å². The minimum absolute atomic E-state index is 0. The Hall–Kier alpha value is 2.47. The van der Waals surface area contributed by atoms with Crippen LogP contribution >= 0.6 is 8.92 Å². The molecule has 0 N–H and O–H groups in total. The maximum absolute atomic E-state index is 4.21. The summed E-state index contributed by atoms with van der Waals surface area (Å²) in [6, 6.07) is 0. The summed E-state index contributed by atoms with van der Waals surface area (Å²) in [5, 5.41) is 0. The molecule has 26 valence electrons. The van der Waals surface area contributed by atoms with Gasteiger partial charge in [-0.3, -0.25) is 0 Å². The molecular formula is H3AgGaInS. The molecule has 0 aromatic rings. The van der Waals surface area contributed by atoms with Gasteiger partial charge in [0.1, 0.15) is 0 Å². The van der Waals surface area contributed by atoms with Gasteiger partial charge in [-0.05, 0) is 0 Å². The molecule has 0 rings (SSSR count).